The fourth-order valence-electron chi connectivity index (χ4n) is 3.27. The molecule has 0 atom stereocenters. The van der Waals surface area contributed by atoms with E-state index in [1.807, 2.05) is 24.3 Å². The molecule has 3 aromatic rings. The number of benzene rings is 2. The third-order valence-corrected chi connectivity index (χ3v) is 4.78. The highest BCUT2D eigenvalue weighted by atomic mass is 16.5. The summed E-state index contributed by atoms with van der Waals surface area (Å²) in [7, 11) is 1.67. The lowest BCUT2D eigenvalue weighted by Gasteiger charge is -2.35. The van der Waals surface area contributed by atoms with Gasteiger partial charge in [0, 0.05) is 37.4 Å². The second-order valence-electron chi connectivity index (χ2n) is 6.45. The van der Waals surface area contributed by atoms with Crippen LogP contribution in [0, 0.1) is 0 Å². The Bertz CT molecular complexity index is 822. The van der Waals surface area contributed by atoms with Crippen LogP contribution in [0.5, 0.6) is 5.75 Å². The number of hydrogen-bond donors (Lipinski definition) is 0. The molecule has 2 heterocycles. The molecule has 0 amide bonds. The van der Waals surface area contributed by atoms with Crippen molar-refractivity contribution < 1.29 is 9.15 Å². The Labute approximate surface area is 153 Å². The predicted octanol–water partition coefficient (Wildman–Crippen LogP) is 3.67. The van der Waals surface area contributed by atoms with Gasteiger partial charge < -0.3 is 14.1 Å². The summed E-state index contributed by atoms with van der Waals surface area (Å²) < 4.78 is 11.1. The summed E-state index contributed by atoms with van der Waals surface area (Å²) in [6, 6.07) is 18.4. The summed E-state index contributed by atoms with van der Waals surface area (Å²) in [6.45, 7) is 4.81. The van der Waals surface area contributed by atoms with Crippen LogP contribution in [-0.4, -0.2) is 43.2 Å². The molecule has 134 valence electrons. The summed E-state index contributed by atoms with van der Waals surface area (Å²) in [4.78, 5) is 9.27. The Hall–Kier alpha value is -2.79. The highest BCUT2D eigenvalue weighted by Crippen LogP contribution is 2.24. The number of methoxy groups -OCH3 is 1. The van der Waals surface area contributed by atoms with Crippen molar-refractivity contribution in [2.75, 3.05) is 38.2 Å². The van der Waals surface area contributed by atoms with E-state index in [-0.39, 0.29) is 0 Å². The largest absolute Gasteiger partial charge is 0.497 e. The van der Waals surface area contributed by atoms with Crippen LogP contribution < -0.4 is 9.64 Å². The first-order valence-corrected chi connectivity index (χ1v) is 8.93. The number of para-hydroxylation sites is 1. The van der Waals surface area contributed by atoms with Gasteiger partial charge in [0.1, 0.15) is 5.75 Å². The summed E-state index contributed by atoms with van der Waals surface area (Å²) >= 11 is 0. The van der Waals surface area contributed by atoms with Crippen molar-refractivity contribution in [1.29, 1.82) is 0 Å². The van der Waals surface area contributed by atoms with Gasteiger partial charge in [-0.2, -0.15) is 0 Å². The second-order valence-corrected chi connectivity index (χ2v) is 6.45. The maximum Gasteiger partial charge on any atom is 0.209 e. The molecular weight excluding hydrogens is 326 g/mol. The first-order valence-electron chi connectivity index (χ1n) is 8.93. The van der Waals surface area contributed by atoms with Crippen LogP contribution >= 0.6 is 0 Å². The number of hydrogen-bond acceptors (Lipinski definition) is 5. The molecule has 1 aromatic heterocycles. The fraction of sp³-hybridized carbons (Fsp3) is 0.286. The zero-order valence-corrected chi connectivity index (χ0v) is 15.0. The standard InChI is InChI=1S/C21H23N3O2/c1-25-19-9-7-17(8-10-19)20-15-22-21(26-20)16-23-11-13-24(14-12-23)18-5-3-2-4-6-18/h2-10,15H,11-14,16H2,1H3. The SMILES string of the molecule is COc1ccc(-c2cnc(CN3CCN(c4ccccc4)CC3)o2)cc1. The van der Waals surface area contributed by atoms with Crippen LogP contribution in [0.1, 0.15) is 5.89 Å². The van der Waals surface area contributed by atoms with Gasteiger partial charge in [0.05, 0.1) is 19.9 Å². The van der Waals surface area contributed by atoms with Gasteiger partial charge in [-0.15, -0.1) is 0 Å². The minimum Gasteiger partial charge on any atom is -0.497 e. The zero-order valence-electron chi connectivity index (χ0n) is 15.0. The van der Waals surface area contributed by atoms with Crippen molar-refractivity contribution in [1.82, 2.24) is 9.88 Å². The lowest BCUT2D eigenvalue weighted by Crippen LogP contribution is -2.46. The molecule has 5 nitrogen and oxygen atoms in total. The van der Waals surface area contributed by atoms with E-state index in [9.17, 15) is 0 Å². The lowest BCUT2D eigenvalue weighted by atomic mass is 10.2. The molecule has 2 aromatic carbocycles. The average molecular weight is 349 g/mol. The number of rotatable bonds is 5. The van der Waals surface area contributed by atoms with Crippen LogP contribution in [0.15, 0.2) is 65.2 Å². The summed E-state index contributed by atoms with van der Waals surface area (Å²) in [5.74, 6) is 2.40. The van der Waals surface area contributed by atoms with E-state index >= 15 is 0 Å². The molecule has 5 heteroatoms. The van der Waals surface area contributed by atoms with Crippen LogP contribution in [0.4, 0.5) is 5.69 Å². The van der Waals surface area contributed by atoms with Gasteiger partial charge in [-0.1, -0.05) is 18.2 Å². The van der Waals surface area contributed by atoms with Crippen molar-refractivity contribution in [3.05, 3.63) is 66.7 Å². The molecule has 26 heavy (non-hydrogen) atoms. The van der Waals surface area contributed by atoms with Gasteiger partial charge in [-0.3, -0.25) is 4.90 Å². The molecule has 0 spiro atoms. The van der Waals surface area contributed by atoms with E-state index in [0.717, 1.165) is 55.7 Å². The van der Waals surface area contributed by atoms with Gasteiger partial charge in [-0.25, -0.2) is 4.98 Å². The molecule has 4 rings (SSSR count). The van der Waals surface area contributed by atoms with E-state index in [2.05, 4.69) is 45.1 Å². The number of piperazine rings is 1. The van der Waals surface area contributed by atoms with E-state index < -0.39 is 0 Å². The van der Waals surface area contributed by atoms with Crippen LogP contribution in [0.25, 0.3) is 11.3 Å². The third-order valence-electron chi connectivity index (χ3n) is 4.78. The van der Waals surface area contributed by atoms with Crippen molar-refractivity contribution in [2.45, 2.75) is 6.54 Å². The molecule has 1 aliphatic rings. The number of oxazole rings is 1. The van der Waals surface area contributed by atoms with Gasteiger partial charge in [0.2, 0.25) is 5.89 Å². The van der Waals surface area contributed by atoms with E-state index in [1.54, 1.807) is 13.3 Å². The average Bonchev–Trinajstić information content (AvgIpc) is 3.18. The van der Waals surface area contributed by atoms with Crippen LogP contribution in [-0.2, 0) is 6.54 Å². The van der Waals surface area contributed by atoms with Gasteiger partial charge in [0.15, 0.2) is 5.76 Å². The highest BCUT2D eigenvalue weighted by Gasteiger charge is 2.19. The number of anilines is 1. The molecule has 1 aliphatic heterocycles. The Kier molecular flexibility index (Phi) is 4.88. The molecule has 1 saturated heterocycles. The predicted molar refractivity (Wildman–Crippen MR) is 102 cm³/mol. The summed E-state index contributed by atoms with van der Waals surface area (Å²) in [5, 5.41) is 0. The maximum atomic E-state index is 5.95. The topological polar surface area (TPSA) is 41.7 Å². The monoisotopic (exact) mass is 349 g/mol. The summed E-state index contributed by atoms with van der Waals surface area (Å²) in [6.07, 6.45) is 1.80. The Balaban J connectivity index is 1.35. The van der Waals surface area contributed by atoms with E-state index in [1.165, 1.54) is 5.69 Å². The quantitative estimate of drug-likeness (QED) is 0.703. The second kappa shape index (κ2) is 7.62. The summed E-state index contributed by atoms with van der Waals surface area (Å²) in [5.41, 5.74) is 2.31. The first-order chi connectivity index (χ1) is 12.8. The van der Waals surface area contributed by atoms with Gasteiger partial charge in [0.25, 0.3) is 0 Å². The molecule has 0 saturated carbocycles. The zero-order chi connectivity index (χ0) is 17.8. The van der Waals surface area contributed by atoms with Crippen LogP contribution in [0.2, 0.25) is 0 Å². The molecule has 0 unspecified atom stereocenters. The third kappa shape index (κ3) is 3.73. The molecule has 0 bridgehead atoms. The van der Waals surface area contributed by atoms with Gasteiger partial charge in [-0.05, 0) is 36.4 Å². The minimum atomic E-state index is 0.749. The minimum absolute atomic E-state index is 0.749. The molecule has 0 aliphatic carbocycles. The molecule has 0 radical (unpaired) electrons. The van der Waals surface area contributed by atoms with Crippen molar-refractivity contribution in [3.63, 3.8) is 0 Å². The normalized spacial score (nSPS) is 15.2. The highest BCUT2D eigenvalue weighted by molar-refractivity contribution is 5.57. The Morgan fingerprint density at radius 2 is 1.69 bits per heavy atom. The molecule has 0 N–H and O–H groups in total. The number of ether oxygens (including phenoxy) is 1. The maximum absolute atomic E-state index is 5.95. The van der Waals surface area contributed by atoms with E-state index in [4.69, 9.17) is 9.15 Å². The van der Waals surface area contributed by atoms with Crippen LogP contribution in [0.3, 0.4) is 0 Å². The van der Waals surface area contributed by atoms with Crippen molar-refractivity contribution in [3.8, 4) is 17.1 Å². The molecular formula is C21H23N3O2. The van der Waals surface area contributed by atoms with Crippen molar-refractivity contribution >= 4 is 5.69 Å². The number of nitrogens with zero attached hydrogens (tertiary/aromatic N) is 3. The smallest absolute Gasteiger partial charge is 0.209 e. The van der Waals surface area contributed by atoms with Crippen molar-refractivity contribution in [2.24, 2.45) is 0 Å². The Morgan fingerprint density at radius 3 is 2.38 bits per heavy atom. The fourth-order valence-corrected chi connectivity index (χ4v) is 3.27. The molecule has 1 fully saturated rings. The first kappa shape index (κ1) is 16.7. The number of aromatic nitrogens is 1. The van der Waals surface area contributed by atoms with Gasteiger partial charge >= 0.3 is 0 Å². The van der Waals surface area contributed by atoms with E-state index in [0.29, 0.717) is 0 Å². The lowest BCUT2D eigenvalue weighted by molar-refractivity contribution is 0.227. The Morgan fingerprint density at radius 1 is 0.962 bits per heavy atom.